The number of aliphatic hydroxyl groups is 1. The highest BCUT2D eigenvalue weighted by molar-refractivity contribution is 7.17. The van der Waals surface area contributed by atoms with Gasteiger partial charge in [-0.05, 0) is 42.0 Å². The minimum absolute atomic E-state index is 0.0274. The number of benzene rings is 2. The molecule has 1 amide bonds. The minimum Gasteiger partial charge on any atom is -0.493 e. The van der Waals surface area contributed by atoms with E-state index in [1.807, 2.05) is 30.3 Å². The van der Waals surface area contributed by atoms with E-state index in [2.05, 4.69) is 0 Å². The first-order valence-electron chi connectivity index (χ1n) is 9.30. The second kappa shape index (κ2) is 8.47. The molecule has 1 aliphatic rings. The molecule has 0 unspecified atom stereocenters. The van der Waals surface area contributed by atoms with Crippen LogP contribution in [0.4, 0.5) is 5.69 Å². The molecule has 1 aliphatic heterocycles. The lowest BCUT2D eigenvalue weighted by atomic mass is 10.1. The van der Waals surface area contributed by atoms with Crippen molar-refractivity contribution in [3.05, 3.63) is 69.6 Å². The van der Waals surface area contributed by atoms with Crippen molar-refractivity contribution in [2.24, 2.45) is 0 Å². The van der Waals surface area contributed by atoms with Gasteiger partial charge in [0.05, 0.1) is 34.4 Å². The molecule has 0 bridgehead atoms. The summed E-state index contributed by atoms with van der Waals surface area (Å²) in [7, 11) is 0. The molecule has 2 N–H and O–H groups in total. The maximum Gasteiger partial charge on any atom is 0.335 e. The second-order valence-corrected chi connectivity index (χ2v) is 8.17. The highest BCUT2D eigenvalue weighted by atomic mass is 35.5. The van der Waals surface area contributed by atoms with Crippen molar-refractivity contribution in [1.29, 1.82) is 0 Å². The van der Waals surface area contributed by atoms with Gasteiger partial charge in [0.1, 0.15) is 5.75 Å². The van der Waals surface area contributed by atoms with Gasteiger partial charge in [0, 0.05) is 23.4 Å². The van der Waals surface area contributed by atoms with Crippen molar-refractivity contribution >= 4 is 40.5 Å². The molecule has 4 rings (SSSR count). The topological polar surface area (TPSA) is 87.1 Å². The van der Waals surface area contributed by atoms with Crippen LogP contribution in [0.25, 0.3) is 10.4 Å². The van der Waals surface area contributed by atoms with Crippen LogP contribution in [0.2, 0.25) is 5.02 Å². The quantitative estimate of drug-likeness (QED) is 0.612. The van der Waals surface area contributed by atoms with E-state index in [1.54, 1.807) is 0 Å². The van der Waals surface area contributed by atoms with Crippen molar-refractivity contribution in [3.63, 3.8) is 0 Å². The molecule has 8 heteroatoms. The summed E-state index contributed by atoms with van der Waals surface area (Å²) in [5, 5.41) is 18.8. The van der Waals surface area contributed by atoms with Crippen LogP contribution in [0.5, 0.6) is 5.75 Å². The molecule has 0 spiro atoms. The third-order valence-electron chi connectivity index (χ3n) is 4.83. The molecular formula is C22H18ClNO5S. The van der Waals surface area contributed by atoms with Crippen LogP contribution >= 0.6 is 22.9 Å². The Bertz CT molecular complexity index is 1130. The number of aliphatic hydroxyl groups excluding tert-OH is 1. The summed E-state index contributed by atoms with van der Waals surface area (Å²) >= 11 is 7.65. The van der Waals surface area contributed by atoms with Crippen molar-refractivity contribution in [2.45, 2.75) is 6.42 Å². The number of anilines is 1. The Morgan fingerprint density at radius 3 is 2.70 bits per heavy atom. The van der Waals surface area contributed by atoms with Gasteiger partial charge in [-0.1, -0.05) is 23.7 Å². The van der Waals surface area contributed by atoms with Crippen LogP contribution in [-0.2, 0) is 6.42 Å². The van der Waals surface area contributed by atoms with Crippen LogP contribution in [-0.4, -0.2) is 41.8 Å². The Morgan fingerprint density at radius 2 is 1.97 bits per heavy atom. The monoisotopic (exact) mass is 443 g/mol. The summed E-state index contributed by atoms with van der Waals surface area (Å²) in [5.41, 5.74) is 2.36. The molecule has 1 aromatic heterocycles. The molecule has 3 aromatic rings. The number of thiophene rings is 1. The predicted molar refractivity (Wildman–Crippen MR) is 116 cm³/mol. The van der Waals surface area contributed by atoms with Crippen LogP contribution < -0.4 is 9.64 Å². The summed E-state index contributed by atoms with van der Waals surface area (Å²) in [5.74, 6) is -0.617. The maximum atomic E-state index is 13.3. The number of para-hydroxylation sites is 1. The number of ether oxygens (including phenoxy) is 1. The number of carbonyl (C=O) groups excluding carboxylic acids is 1. The van der Waals surface area contributed by atoms with Gasteiger partial charge >= 0.3 is 5.97 Å². The lowest BCUT2D eigenvalue weighted by Crippen LogP contribution is -2.33. The first-order chi connectivity index (χ1) is 14.5. The smallest absolute Gasteiger partial charge is 0.335 e. The number of rotatable bonds is 5. The number of carboxylic acid groups (broad SMARTS) is 1. The van der Waals surface area contributed by atoms with Crippen LogP contribution in [0.1, 0.15) is 25.6 Å². The average Bonchev–Trinajstić information content (AvgIpc) is 3.08. The SMILES string of the molecule is O=C(O)c1ccc(N(CCO)C(=O)c2cc3c(s2)-c2ccccc2OCC3)c(Cl)c1. The summed E-state index contributed by atoms with van der Waals surface area (Å²) in [4.78, 5) is 27.4. The number of aromatic carboxylic acids is 1. The van der Waals surface area contributed by atoms with Crippen molar-refractivity contribution in [3.8, 4) is 16.2 Å². The number of halogens is 1. The van der Waals surface area contributed by atoms with Crippen LogP contribution in [0, 0.1) is 0 Å². The zero-order valence-corrected chi connectivity index (χ0v) is 17.4. The van der Waals surface area contributed by atoms with E-state index >= 15 is 0 Å². The molecule has 0 atom stereocenters. The fourth-order valence-corrected chi connectivity index (χ4v) is 4.89. The molecule has 0 aliphatic carbocycles. The molecule has 6 nitrogen and oxygen atoms in total. The summed E-state index contributed by atoms with van der Waals surface area (Å²) < 4.78 is 5.80. The molecule has 2 heterocycles. The molecule has 30 heavy (non-hydrogen) atoms. The first kappa shape index (κ1) is 20.4. The first-order valence-corrected chi connectivity index (χ1v) is 10.5. The average molecular weight is 444 g/mol. The van der Waals surface area contributed by atoms with E-state index < -0.39 is 5.97 Å². The van der Waals surface area contributed by atoms with E-state index in [4.69, 9.17) is 21.4 Å². The Balaban J connectivity index is 1.73. The zero-order chi connectivity index (χ0) is 21.3. The molecule has 0 fully saturated rings. The number of nitrogens with zero attached hydrogens (tertiary/aromatic N) is 1. The van der Waals surface area contributed by atoms with E-state index in [-0.39, 0.29) is 29.6 Å². The highest BCUT2D eigenvalue weighted by Gasteiger charge is 2.26. The normalized spacial score (nSPS) is 12.3. The number of amides is 1. The summed E-state index contributed by atoms with van der Waals surface area (Å²) in [6.45, 7) is 0.301. The number of carbonyl (C=O) groups is 2. The van der Waals surface area contributed by atoms with E-state index in [0.717, 1.165) is 21.8 Å². The number of hydrogen-bond donors (Lipinski definition) is 2. The lowest BCUT2D eigenvalue weighted by molar-refractivity contribution is 0.0696. The van der Waals surface area contributed by atoms with Gasteiger partial charge in [0.25, 0.3) is 5.91 Å². The van der Waals surface area contributed by atoms with E-state index in [0.29, 0.717) is 23.6 Å². The fourth-order valence-electron chi connectivity index (χ4n) is 3.42. The van der Waals surface area contributed by atoms with Gasteiger partial charge in [-0.15, -0.1) is 11.3 Å². The van der Waals surface area contributed by atoms with Gasteiger partial charge in [-0.2, -0.15) is 0 Å². The van der Waals surface area contributed by atoms with Gasteiger partial charge < -0.3 is 19.8 Å². The fraction of sp³-hybridized carbons (Fsp3) is 0.182. The lowest BCUT2D eigenvalue weighted by Gasteiger charge is -2.22. The second-order valence-electron chi connectivity index (χ2n) is 6.71. The number of fused-ring (bicyclic) bond motifs is 3. The Kier molecular flexibility index (Phi) is 5.76. The standard InChI is InChI=1S/C22H18ClNO5S/c23-16-11-14(22(27)28)5-6-17(16)24(8-9-25)21(26)19-12-13-7-10-29-18-4-2-1-3-15(18)20(13)30-19/h1-6,11-12,25H,7-10H2,(H,27,28). The minimum atomic E-state index is -1.11. The molecular weight excluding hydrogens is 426 g/mol. The maximum absolute atomic E-state index is 13.3. The Hall–Kier alpha value is -2.87. The Labute approximate surface area is 181 Å². The molecule has 154 valence electrons. The molecule has 2 aromatic carbocycles. The third-order valence-corrected chi connectivity index (χ3v) is 6.34. The van der Waals surface area contributed by atoms with E-state index in [1.165, 1.54) is 34.4 Å². The summed E-state index contributed by atoms with van der Waals surface area (Å²) in [6.07, 6.45) is 0.682. The highest BCUT2D eigenvalue weighted by Crippen LogP contribution is 2.41. The number of carboxylic acids is 1. The Morgan fingerprint density at radius 1 is 1.17 bits per heavy atom. The summed E-state index contributed by atoms with van der Waals surface area (Å²) in [6, 6.07) is 13.8. The van der Waals surface area contributed by atoms with Crippen molar-refractivity contribution in [2.75, 3.05) is 24.7 Å². The third kappa shape index (κ3) is 3.79. The van der Waals surface area contributed by atoms with Gasteiger partial charge in [-0.25, -0.2) is 4.79 Å². The number of hydrogen-bond acceptors (Lipinski definition) is 5. The van der Waals surface area contributed by atoms with Gasteiger partial charge in [0.2, 0.25) is 0 Å². The molecule has 0 radical (unpaired) electrons. The van der Waals surface area contributed by atoms with Crippen molar-refractivity contribution in [1.82, 2.24) is 0 Å². The zero-order valence-electron chi connectivity index (χ0n) is 15.8. The molecule has 0 saturated heterocycles. The van der Waals surface area contributed by atoms with Crippen molar-refractivity contribution < 1.29 is 24.5 Å². The predicted octanol–water partition coefficient (Wildman–Crippen LogP) is 4.34. The van der Waals surface area contributed by atoms with Gasteiger partial charge in [-0.3, -0.25) is 4.79 Å². The largest absolute Gasteiger partial charge is 0.493 e. The van der Waals surface area contributed by atoms with Crippen LogP contribution in [0.3, 0.4) is 0 Å². The van der Waals surface area contributed by atoms with E-state index in [9.17, 15) is 14.7 Å². The van der Waals surface area contributed by atoms with Gasteiger partial charge in [0.15, 0.2) is 0 Å². The molecule has 0 saturated carbocycles. The van der Waals surface area contributed by atoms with Crippen LogP contribution in [0.15, 0.2) is 48.5 Å².